The van der Waals surface area contributed by atoms with Crippen molar-refractivity contribution in [2.45, 2.75) is 64.1 Å². The number of nitrogens with zero attached hydrogens (tertiary/aromatic N) is 3. The van der Waals surface area contributed by atoms with E-state index in [1.165, 1.54) is 49.7 Å². The fourth-order valence-electron chi connectivity index (χ4n) is 7.53. The van der Waals surface area contributed by atoms with Crippen molar-refractivity contribution in [3.8, 4) is 0 Å². The van der Waals surface area contributed by atoms with Crippen LogP contribution in [0.2, 0.25) is 0 Å². The van der Waals surface area contributed by atoms with Crippen molar-refractivity contribution >= 4 is 5.82 Å². The summed E-state index contributed by atoms with van der Waals surface area (Å²) in [4.78, 5) is 11.6. The topological polar surface area (TPSA) is 61.3 Å². The minimum atomic E-state index is -0.273. The van der Waals surface area contributed by atoms with Crippen molar-refractivity contribution in [2.24, 2.45) is 23.2 Å². The zero-order chi connectivity index (χ0) is 20.8. The molecule has 5 heteroatoms. The van der Waals surface area contributed by atoms with E-state index in [-0.39, 0.29) is 11.5 Å². The van der Waals surface area contributed by atoms with Crippen LogP contribution in [0.4, 0.5) is 5.82 Å². The Morgan fingerprint density at radius 2 is 1.74 bits per heavy atom. The molecule has 7 rings (SSSR count). The van der Waals surface area contributed by atoms with E-state index >= 15 is 0 Å². The number of nitrogens with one attached hydrogen (secondary N) is 1. The molecule has 0 amide bonds. The molecular formula is C26H34N4O. The summed E-state index contributed by atoms with van der Waals surface area (Å²) in [6, 6.07) is 10.7. The Hall–Kier alpha value is -1.98. The Balaban J connectivity index is 1.12. The number of aromatic nitrogens is 2. The van der Waals surface area contributed by atoms with Crippen molar-refractivity contribution < 1.29 is 5.11 Å². The van der Waals surface area contributed by atoms with Crippen LogP contribution < -0.4 is 5.32 Å². The highest BCUT2D eigenvalue weighted by molar-refractivity contribution is 5.47. The Kier molecular flexibility index (Phi) is 4.99. The zero-order valence-corrected chi connectivity index (χ0v) is 18.3. The molecule has 2 heterocycles. The smallest absolute Gasteiger partial charge is 0.133 e. The first-order chi connectivity index (χ1) is 15.2. The van der Waals surface area contributed by atoms with Gasteiger partial charge in [-0.3, -0.25) is 4.90 Å². The summed E-state index contributed by atoms with van der Waals surface area (Å²) in [7, 11) is 0. The standard InChI is InChI=1S/C26H34N4O/c31-24(26-11-19-8-20(12-26)10-21(9-19)13-26)14-27-25-22-6-7-30(16-23(22)28-17-29-25)15-18-4-2-1-3-5-18/h1-5,17,19-21,24,31H,6-16H2,(H,27,28,29). The fourth-order valence-corrected chi connectivity index (χ4v) is 7.53. The monoisotopic (exact) mass is 418 g/mol. The molecule has 0 saturated heterocycles. The van der Waals surface area contributed by atoms with Crippen molar-refractivity contribution in [3.63, 3.8) is 0 Å². The minimum Gasteiger partial charge on any atom is -0.391 e. The molecule has 5 aliphatic rings. The predicted molar refractivity (Wildman–Crippen MR) is 121 cm³/mol. The van der Waals surface area contributed by atoms with E-state index in [1.54, 1.807) is 6.33 Å². The summed E-state index contributed by atoms with van der Waals surface area (Å²) >= 11 is 0. The SMILES string of the molecule is OC(CNc1ncnc2c1CCN(Cc1ccccc1)C2)C12CC3CC(CC(C3)C1)C2. The van der Waals surface area contributed by atoms with Gasteiger partial charge in [0.25, 0.3) is 0 Å². The second-order valence-corrected chi connectivity index (χ2v) is 10.8. The van der Waals surface area contributed by atoms with Crippen LogP contribution in [0.1, 0.15) is 55.3 Å². The van der Waals surface area contributed by atoms with Crippen LogP contribution in [-0.2, 0) is 19.5 Å². The van der Waals surface area contributed by atoms with Gasteiger partial charge < -0.3 is 10.4 Å². The number of hydrogen-bond donors (Lipinski definition) is 2. The first-order valence-corrected chi connectivity index (χ1v) is 12.2. The normalized spacial score (nSPS) is 32.6. The Bertz CT molecular complexity index is 895. The number of aliphatic hydroxyl groups excluding tert-OH is 1. The van der Waals surface area contributed by atoms with Crippen molar-refractivity contribution in [1.82, 2.24) is 14.9 Å². The minimum absolute atomic E-state index is 0.154. The molecule has 2 N–H and O–H groups in total. The van der Waals surface area contributed by atoms with Crippen LogP contribution in [0.3, 0.4) is 0 Å². The van der Waals surface area contributed by atoms with E-state index in [0.717, 1.165) is 55.3 Å². The predicted octanol–water partition coefficient (Wildman–Crippen LogP) is 4.02. The first kappa shape index (κ1) is 19.7. The lowest BCUT2D eigenvalue weighted by Gasteiger charge is -2.58. The van der Waals surface area contributed by atoms with Crippen LogP contribution in [0, 0.1) is 23.2 Å². The van der Waals surface area contributed by atoms with Gasteiger partial charge in [-0.15, -0.1) is 0 Å². The van der Waals surface area contributed by atoms with E-state index in [0.29, 0.717) is 6.54 Å². The molecule has 0 spiro atoms. The molecule has 5 nitrogen and oxygen atoms in total. The third-order valence-electron chi connectivity index (χ3n) is 8.59. The lowest BCUT2D eigenvalue weighted by Crippen LogP contribution is -2.53. The second kappa shape index (κ2) is 7.86. The average molecular weight is 419 g/mol. The lowest BCUT2D eigenvalue weighted by atomic mass is 9.48. The number of rotatable bonds is 6. The van der Waals surface area contributed by atoms with E-state index in [4.69, 9.17) is 0 Å². The van der Waals surface area contributed by atoms with Crippen LogP contribution in [-0.4, -0.2) is 39.2 Å². The summed E-state index contributed by atoms with van der Waals surface area (Å²) < 4.78 is 0. The van der Waals surface area contributed by atoms with Gasteiger partial charge in [0, 0.05) is 31.7 Å². The van der Waals surface area contributed by atoms with Gasteiger partial charge in [-0.25, -0.2) is 9.97 Å². The number of fused-ring (bicyclic) bond motifs is 1. The van der Waals surface area contributed by atoms with Gasteiger partial charge in [0.05, 0.1) is 11.8 Å². The maximum Gasteiger partial charge on any atom is 0.133 e. The highest BCUT2D eigenvalue weighted by Gasteiger charge is 2.53. The second-order valence-electron chi connectivity index (χ2n) is 10.8. The molecule has 4 aliphatic carbocycles. The third-order valence-corrected chi connectivity index (χ3v) is 8.59. The summed E-state index contributed by atoms with van der Waals surface area (Å²) in [6.07, 6.45) is 10.3. The number of benzene rings is 1. The molecule has 1 atom stereocenters. The molecule has 2 aromatic rings. The molecule has 1 aromatic carbocycles. The quantitative estimate of drug-likeness (QED) is 0.742. The molecule has 1 aromatic heterocycles. The molecule has 1 unspecified atom stereocenters. The highest BCUT2D eigenvalue weighted by Crippen LogP contribution is 2.61. The average Bonchev–Trinajstić information content (AvgIpc) is 2.77. The molecule has 4 bridgehead atoms. The Labute approximate surface area is 185 Å². The van der Waals surface area contributed by atoms with Gasteiger partial charge in [-0.05, 0) is 73.7 Å². The van der Waals surface area contributed by atoms with Gasteiger partial charge >= 0.3 is 0 Å². The number of anilines is 1. The van der Waals surface area contributed by atoms with E-state index in [9.17, 15) is 5.11 Å². The van der Waals surface area contributed by atoms with Crippen LogP contribution in [0.15, 0.2) is 36.7 Å². The molecular weight excluding hydrogens is 384 g/mol. The summed E-state index contributed by atoms with van der Waals surface area (Å²) in [5.41, 5.74) is 3.87. The highest BCUT2D eigenvalue weighted by atomic mass is 16.3. The molecule has 0 radical (unpaired) electrons. The number of hydrogen-bond acceptors (Lipinski definition) is 5. The zero-order valence-electron chi connectivity index (χ0n) is 18.3. The third kappa shape index (κ3) is 3.76. The molecule has 1 aliphatic heterocycles. The summed E-state index contributed by atoms with van der Waals surface area (Å²) in [5, 5.41) is 14.8. The molecule has 31 heavy (non-hydrogen) atoms. The van der Waals surface area contributed by atoms with Gasteiger partial charge in [0.15, 0.2) is 0 Å². The van der Waals surface area contributed by atoms with Gasteiger partial charge in [0.1, 0.15) is 12.1 Å². The Morgan fingerprint density at radius 3 is 2.45 bits per heavy atom. The largest absolute Gasteiger partial charge is 0.391 e. The molecule has 164 valence electrons. The Morgan fingerprint density at radius 1 is 1.03 bits per heavy atom. The maximum atomic E-state index is 11.3. The van der Waals surface area contributed by atoms with Gasteiger partial charge in [0.2, 0.25) is 0 Å². The van der Waals surface area contributed by atoms with E-state index in [1.807, 2.05) is 0 Å². The summed E-state index contributed by atoms with van der Waals surface area (Å²) in [5.74, 6) is 3.53. The van der Waals surface area contributed by atoms with Crippen molar-refractivity contribution in [3.05, 3.63) is 53.5 Å². The molecule has 4 fully saturated rings. The van der Waals surface area contributed by atoms with Crippen LogP contribution in [0.5, 0.6) is 0 Å². The molecule has 4 saturated carbocycles. The van der Waals surface area contributed by atoms with Crippen molar-refractivity contribution in [1.29, 1.82) is 0 Å². The maximum absolute atomic E-state index is 11.3. The van der Waals surface area contributed by atoms with Gasteiger partial charge in [-0.1, -0.05) is 30.3 Å². The van der Waals surface area contributed by atoms with Gasteiger partial charge in [-0.2, -0.15) is 0 Å². The van der Waals surface area contributed by atoms with E-state index in [2.05, 4.69) is 50.5 Å². The van der Waals surface area contributed by atoms with Crippen LogP contribution >= 0.6 is 0 Å². The van der Waals surface area contributed by atoms with E-state index < -0.39 is 0 Å². The number of aliphatic hydroxyl groups is 1. The van der Waals surface area contributed by atoms with Crippen molar-refractivity contribution in [2.75, 3.05) is 18.4 Å². The first-order valence-electron chi connectivity index (χ1n) is 12.2. The fraction of sp³-hybridized carbons (Fsp3) is 0.615. The lowest BCUT2D eigenvalue weighted by molar-refractivity contribution is -0.115. The van der Waals surface area contributed by atoms with Crippen LogP contribution in [0.25, 0.3) is 0 Å². The summed E-state index contributed by atoms with van der Waals surface area (Å²) in [6.45, 7) is 3.45.